The molecule has 1 aromatic carbocycles. The van der Waals surface area contributed by atoms with Gasteiger partial charge in [-0.05, 0) is 64.2 Å². The Balaban J connectivity index is 2.14. The summed E-state index contributed by atoms with van der Waals surface area (Å²) in [5.41, 5.74) is 0.268. The number of likely N-dealkylation sites (tertiary alicyclic amines) is 1. The second-order valence-electron chi connectivity index (χ2n) is 6.30. The van der Waals surface area contributed by atoms with Crippen LogP contribution in [0, 0.1) is 5.82 Å². The number of carbonyl (C=O) groups excluding carboxylic acids is 1. The minimum Gasteiger partial charge on any atom is -0.351 e. The fraction of sp³-hybridized carbons (Fsp3) is 0.562. The number of halogens is 1. The van der Waals surface area contributed by atoms with Crippen molar-refractivity contribution < 1.29 is 17.6 Å². The minimum absolute atomic E-state index is 0.0470. The topological polar surface area (TPSA) is 69.7 Å². The molecule has 1 amide bonds. The number of hydrogen-bond donors (Lipinski definition) is 1. The van der Waals surface area contributed by atoms with Gasteiger partial charge in [-0.15, -0.1) is 0 Å². The van der Waals surface area contributed by atoms with E-state index in [1.165, 1.54) is 31.2 Å². The van der Waals surface area contributed by atoms with Gasteiger partial charge in [0.05, 0.1) is 11.9 Å². The number of hydrogen-bond acceptors (Lipinski definition) is 4. The van der Waals surface area contributed by atoms with Gasteiger partial charge in [-0.25, -0.2) is 12.8 Å². The zero-order valence-corrected chi connectivity index (χ0v) is 15.0. The van der Waals surface area contributed by atoms with Gasteiger partial charge in [0.25, 0.3) is 0 Å². The van der Waals surface area contributed by atoms with Crippen LogP contribution in [-0.4, -0.2) is 57.7 Å². The van der Waals surface area contributed by atoms with E-state index in [-0.39, 0.29) is 17.6 Å². The predicted molar refractivity (Wildman–Crippen MR) is 91.8 cm³/mol. The van der Waals surface area contributed by atoms with Crippen LogP contribution in [-0.2, 0) is 14.8 Å². The SMILES string of the molecule is C[C@H](C(=O)NC1CCN(C)CC1)N(c1ccc(F)cc1)S(C)(=O)=O. The number of carbonyl (C=O) groups is 1. The normalized spacial score (nSPS) is 18.2. The van der Waals surface area contributed by atoms with Gasteiger partial charge in [0.1, 0.15) is 11.9 Å². The summed E-state index contributed by atoms with van der Waals surface area (Å²) in [6.07, 6.45) is 2.71. The minimum atomic E-state index is -3.68. The molecule has 1 saturated heterocycles. The van der Waals surface area contributed by atoms with Gasteiger partial charge in [-0.2, -0.15) is 0 Å². The van der Waals surface area contributed by atoms with Crippen LogP contribution in [0.5, 0.6) is 0 Å². The summed E-state index contributed by atoms with van der Waals surface area (Å²) in [6, 6.07) is 4.20. The lowest BCUT2D eigenvalue weighted by atomic mass is 10.1. The summed E-state index contributed by atoms with van der Waals surface area (Å²) in [6.45, 7) is 3.33. The molecule has 1 atom stereocenters. The van der Waals surface area contributed by atoms with Crippen molar-refractivity contribution in [1.29, 1.82) is 0 Å². The number of amides is 1. The molecule has 6 nitrogen and oxygen atoms in total. The Labute approximate surface area is 142 Å². The van der Waals surface area contributed by atoms with Crippen molar-refractivity contribution in [3.63, 3.8) is 0 Å². The number of anilines is 1. The molecule has 0 unspecified atom stereocenters. The third-order valence-electron chi connectivity index (χ3n) is 4.23. The molecule has 1 N–H and O–H groups in total. The summed E-state index contributed by atoms with van der Waals surface area (Å²) >= 11 is 0. The van der Waals surface area contributed by atoms with Crippen LogP contribution in [0.2, 0.25) is 0 Å². The average Bonchev–Trinajstić information content (AvgIpc) is 2.50. The fourth-order valence-corrected chi connectivity index (χ4v) is 4.05. The largest absolute Gasteiger partial charge is 0.351 e. The monoisotopic (exact) mass is 357 g/mol. The van der Waals surface area contributed by atoms with Crippen LogP contribution in [0.25, 0.3) is 0 Å². The first kappa shape index (κ1) is 18.7. The summed E-state index contributed by atoms with van der Waals surface area (Å²) in [5, 5.41) is 2.93. The molecule has 1 aliphatic heterocycles. The van der Waals surface area contributed by atoms with E-state index in [1.807, 2.05) is 7.05 Å². The molecule has 0 saturated carbocycles. The highest BCUT2D eigenvalue weighted by molar-refractivity contribution is 7.92. The van der Waals surface area contributed by atoms with Crippen LogP contribution < -0.4 is 9.62 Å². The van der Waals surface area contributed by atoms with E-state index in [9.17, 15) is 17.6 Å². The highest BCUT2D eigenvalue weighted by atomic mass is 32.2. The third kappa shape index (κ3) is 4.67. The lowest BCUT2D eigenvalue weighted by Crippen LogP contribution is -2.52. The van der Waals surface area contributed by atoms with Crippen LogP contribution in [0.1, 0.15) is 19.8 Å². The molecule has 1 heterocycles. The lowest BCUT2D eigenvalue weighted by Gasteiger charge is -2.32. The number of nitrogens with one attached hydrogen (secondary N) is 1. The van der Waals surface area contributed by atoms with Crippen molar-refractivity contribution in [2.24, 2.45) is 0 Å². The number of benzene rings is 1. The van der Waals surface area contributed by atoms with Crippen LogP contribution in [0.4, 0.5) is 10.1 Å². The molecule has 1 fully saturated rings. The van der Waals surface area contributed by atoms with Gasteiger partial charge >= 0.3 is 0 Å². The van der Waals surface area contributed by atoms with Gasteiger partial charge < -0.3 is 10.2 Å². The van der Waals surface area contributed by atoms with E-state index < -0.39 is 21.9 Å². The maximum absolute atomic E-state index is 13.1. The van der Waals surface area contributed by atoms with E-state index in [2.05, 4.69) is 10.2 Å². The Morgan fingerprint density at radius 3 is 2.33 bits per heavy atom. The first-order chi connectivity index (χ1) is 11.2. The maximum atomic E-state index is 13.1. The van der Waals surface area contributed by atoms with Crippen molar-refractivity contribution in [3.05, 3.63) is 30.1 Å². The smallest absolute Gasteiger partial charge is 0.243 e. The molecule has 0 aliphatic carbocycles. The lowest BCUT2D eigenvalue weighted by molar-refractivity contribution is -0.122. The highest BCUT2D eigenvalue weighted by Gasteiger charge is 2.30. The predicted octanol–water partition coefficient (Wildman–Crippen LogP) is 1.19. The third-order valence-corrected chi connectivity index (χ3v) is 5.48. The molecule has 1 aliphatic rings. The van der Waals surface area contributed by atoms with Gasteiger partial charge in [0.2, 0.25) is 15.9 Å². The highest BCUT2D eigenvalue weighted by Crippen LogP contribution is 2.21. The van der Waals surface area contributed by atoms with Gasteiger partial charge in [0.15, 0.2) is 0 Å². The molecule has 8 heteroatoms. The second-order valence-corrected chi connectivity index (χ2v) is 8.16. The molecule has 0 spiro atoms. The summed E-state index contributed by atoms with van der Waals surface area (Å²) in [7, 11) is -1.65. The van der Waals surface area contributed by atoms with Crippen molar-refractivity contribution >= 4 is 21.6 Å². The Bertz CT molecular complexity index is 670. The second kappa shape index (κ2) is 7.48. The van der Waals surface area contributed by atoms with E-state index in [4.69, 9.17) is 0 Å². The molecular weight excluding hydrogens is 333 g/mol. The molecule has 134 valence electrons. The van der Waals surface area contributed by atoms with Crippen LogP contribution >= 0.6 is 0 Å². The Hall–Kier alpha value is -1.67. The first-order valence-corrected chi connectivity index (χ1v) is 9.77. The Kier molecular flexibility index (Phi) is 5.82. The zero-order chi connectivity index (χ0) is 17.9. The van der Waals surface area contributed by atoms with Crippen molar-refractivity contribution in [2.45, 2.75) is 31.8 Å². The van der Waals surface area contributed by atoms with Crippen molar-refractivity contribution in [1.82, 2.24) is 10.2 Å². The van der Waals surface area contributed by atoms with Gasteiger partial charge in [-0.1, -0.05) is 0 Å². The quantitative estimate of drug-likeness (QED) is 0.859. The Morgan fingerprint density at radius 1 is 1.29 bits per heavy atom. The maximum Gasteiger partial charge on any atom is 0.243 e. The first-order valence-electron chi connectivity index (χ1n) is 7.92. The van der Waals surface area contributed by atoms with Gasteiger partial charge in [-0.3, -0.25) is 9.10 Å². The molecule has 0 aromatic heterocycles. The Morgan fingerprint density at radius 2 is 1.83 bits per heavy atom. The van der Waals surface area contributed by atoms with E-state index in [0.29, 0.717) is 0 Å². The molecule has 2 rings (SSSR count). The standard InChI is InChI=1S/C16H24FN3O3S/c1-12(16(21)18-14-8-10-19(2)11-9-14)20(24(3,22)23)15-6-4-13(17)5-7-15/h4-7,12,14H,8-11H2,1-3H3,(H,18,21)/t12-/m1/s1. The number of nitrogens with zero attached hydrogens (tertiary/aromatic N) is 2. The molecule has 0 radical (unpaired) electrons. The molecule has 24 heavy (non-hydrogen) atoms. The van der Waals surface area contributed by atoms with E-state index >= 15 is 0 Å². The molecule has 0 bridgehead atoms. The summed E-state index contributed by atoms with van der Waals surface area (Å²) < 4.78 is 38.4. The van der Waals surface area contributed by atoms with Crippen LogP contribution in [0.3, 0.4) is 0 Å². The fourth-order valence-electron chi connectivity index (χ4n) is 2.87. The summed E-state index contributed by atoms with van der Waals surface area (Å²) in [5.74, 6) is -0.810. The van der Waals surface area contributed by atoms with Crippen molar-refractivity contribution in [2.75, 3.05) is 30.7 Å². The summed E-state index contributed by atoms with van der Waals surface area (Å²) in [4.78, 5) is 14.7. The zero-order valence-electron chi connectivity index (χ0n) is 14.2. The number of rotatable bonds is 5. The molecular formula is C16H24FN3O3S. The van der Waals surface area contributed by atoms with Crippen LogP contribution in [0.15, 0.2) is 24.3 Å². The van der Waals surface area contributed by atoms with E-state index in [0.717, 1.165) is 36.5 Å². The van der Waals surface area contributed by atoms with Crippen molar-refractivity contribution in [3.8, 4) is 0 Å². The average molecular weight is 357 g/mol. The number of sulfonamides is 1. The number of piperidine rings is 1. The molecule has 1 aromatic rings. The van der Waals surface area contributed by atoms with E-state index in [1.54, 1.807) is 0 Å². The van der Waals surface area contributed by atoms with Gasteiger partial charge in [0, 0.05) is 6.04 Å².